The van der Waals surface area contributed by atoms with Crippen molar-refractivity contribution < 1.29 is 19.4 Å². The molecule has 1 N–H and O–H groups in total. The van der Waals surface area contributed by atoms with E-state index in [9.17, 15) is 9.59 Å². The number of carbonyl (C=O) groups is 2. The average molecular weight is 311 g/mol. The maximum absolute atomic E-state index is 11.9. The summed E-state index contributed by atoms with van der Waals surface area (Å²) in [4.78, 5) is 24.9. The number of carboxylic acids is 1. The molecule has 5 nitrogen and oxygen atoms in total. The highest BCUT2D eigenvalue weighted by atomic mass is 32.1. The van der Waals surface area contributed by atoms with Crippen LogP contribution in [0, 0.1) is 0 Å². The van der Waals surface area contributed by atoms with Crippen molar-refractivity contribution >= 4 is 29.3 Å². The van der Waals surface area contributed by atoms with Gasteiger partial charge in [-0.1, -0.05) is 0 Å². The Labute approximate surface area is 128 Å². The lowest BCUT2D eigenvalue weighted by Crippen LogP contribution is -2.25. The van der Waals surface area contributed by atoms with Crippen molar-refractivity contribution in [1.29, 1.82) is 0 Å². The van der Waals surface area contributed by atoms with Crippen LogP contribution in [0.2, 0.25) is 0 Å². The third-order valence-electron chi connectivity index (χ3n) is 2.79. The lowest BCUT2D eigenvalue weighted by Gasteiger charge is -2.16. The quantitative estimate of drug-likeness (QED) is 0.562. The van der Waals surface area contributed by atoms with Crippen molar-refractivity contribution in [1.82, 2.24) is 4.90 Å². The van der Waals surface area contributed by atoms with Crippen molar-refractivity contribution in [3.63, 3.8) is 0 Å². The van der Waals surface area contributed by atoms with Gasteiger partial charge in [-0.15, -0.1) is 11.3 Å². The summed E-state index contributed by atoms with van der Waals surface area (Å²) in [5.74, 6) is -0.880. The summed E-state index contributed by atoms with van der Waals surface area (Å²) >= 11 is 1.46. The fraction of sp³-hybridized carbons (Fsp3) is 0.467. The summed E-state index contributed by atoms with van der Waals surface area (Å²) in [6, 6.07) is 1.90. The number of hydrogen-bond donors (Lipinski definition) is 1. The molecule has 0 fully saturated rings. The number of nitrogens with zero attached hydrogens (tertiary/aromatic N) is 1. The Morgan fingerprint density at radius 1 is 1.48 bits per heavy atom. The van der Waals surface area contributed by atoms with Crippen LogP contribution in [0.25, 0.3) is 6.08 Å². The molecule has 0 unspecified atom stereocenters. The predicted molar refractivity (Wildman–Crippen MR) is 83.2 cm³/mol. The van der Waals surface area contributed by atoms with E-state index < -0.39 is 5.97 Å². The summed E-state index contributed by atoms with van der Waals surface area (Å²) in [6.07, 6.45) is 3.87. The second kappa shape index (κ2) is 9.31. The van der Waals surface area contributed by atoms with E-state index in [0.717, 1.165) is 22.9 Å². The van der Waals surface area contributed by atoms with Gasteiger partial charge in [-0.3, -0.25) is 4.79 Å². The van der Waals surface area contributed by atoms with E-state index in [2.05, 4.69) is 0 Å². The summed E-state index contributed by atoms with van der Waals surface area (Å²) < 4.78 is 5.21. The van der Waals surface area contributed by atoms with E-state index in [1.54, 1.807) is 18.0 Å². The summed E-state index contributed by atoms with van der Waals surface area (Å²) in [7, 11) is 1.77. The monoisotopic (exact) mass is 311 g/mol. The number of aliphatic carboxylic acids is 1. The van der Waals surface area contributed by atoms with Crippen LogP contribution in [0.4, 0.5) is 0 Å². The molecule has 0 aliphatic heterocycles. The largest absolute Gasteiger partial charge is 0.478 e. The molecule has 0 atom stereocenters. The van der Waals surface area contributed by atoms with Crippen LogP contribution in [-0.2, 0) is 20.9 Å². The predicted octanol–water partition coefficient (Wildman–Crippen LogP) is 2.62. The van der Waals surface area contributed by atoms with Gasteiger partial charge in [0.2, 0.25) is 5.91 Å². The van der Waals surface area contributed by atoms with Gasteiger partial charge in [0.05, 0.1) is 0 Å². The first-order chi connectivity index (χ1) is 10.0. The van der Waals surface area contributed by atoms with Crippen LogP contribution >= 0.6 is 11.3 Å². The van der Waals surface area contributed by atoms with Gasteiger partial charge in [0.25, 0.3) is 0 Å². The SMILES string of the molecule is CCOCCCC(=O)N(C)Cc1csc(/C=C/C(=O)O)c1. The number of amides is 1. The molecule has 0 saturated carbocycles. The van der Waals surface area contributed by atoms with E-state index in [0.29, 0.717) is 26.2 Å². The molecule has 0 aliphatic rings. The molecule has 1 aromatic rings. The zero-order valence-electron chi connectivity index (χ0n) is 12.4. The molecular weight excluding hydrogens is 290 g/mol. The van der Waals surface area contributed by atoms with Crippen molar-refractivity contribution in [3.8, 4) is 0 Å². The van der Waals surface area contributed by atoms with Gasteiger partial charge in [0, 0.05) is 44.2 Å². The fourth-order valence-corrected chi connectivity index (χ4v) is 2.54. The van der Waals surface area contributed by atoms with Crippen LogP contribution < -0.4 is 0 Å². The summed E-state index contributed by atoms with van der Waals surface area (Å²) in [5, 5.41) is 10.5. The Morgan fingerprint density at radius 2 is 2.24 bits per heavy atom. The van der Waals surface area contributed by atoms with Crippen LogP contribution in [-0.4, -0.2) is 42.1 Å². The molecule has 0 saturated heterocycles. The minimum absolute atomic E-state index is 0.0866. The summed E-state index contributed by atoms with van der Waals surface area (Å²) in [5.41, 5.74) is 1.01. The molecule has 21 heavy (non-hydrogen) atoms. The fourth-order valence-electron chi connectivity index (χ4n) is 1.74. The van der Waals surface area contributed by atoms with Gasteiger partial charge in [-0.05, 0) is 36.4 Å². The standard InChI is InChI=1S/C15H21NO4S/c1-3-20-8-4-5-14(17)16(2)10-12-9-13(21-11-12)6-7-15(18)19/h6-7,9,11H,3-5,8,10H2,1-2H3,(H,18,19)/b7-6+. The van der Waals surface area contributed by atoms with Gasteiger partial charge in [-0.25, -0.2) is 4.79 Å². The van der Waals surface area contributed by atoms with Gasteiger partial charge in [-0.2, -0.15) is 0 Å². The average Bonchev–Trinajstić information content (AvgIpc) is 2.88. The highest BCUT2D eigenvalue weighted by Gasteiger charge is 2.09. The Kier molecular flexibility index (Phi) is 7.71. The molecule has 0 bridgehead atoms. The van der Waals surface area contributed by atoms with Crippen LogP contribution in [0.15, 0.2) is 17.5 Å². The van der Waals surface area contributed by atoms with Crippen LogP contribution in [0.1, 0.15) is 30.2 Å². The highest BCUT2D eigenvalue weighted by Crippen LogP contribution is 2.18. The first-order valence-corrected chi connectivity index (χ1v) is 7.71. The van der Waals surface area contributed by atoms with Gasteiger partial charge in [0.1, 0.15) is 0 Å². The van der Waals surface area contributed by atoms with E-state index in [1.807, 2.05) is 18.4 Å². The third-order valence-corrected chi connectivity index (χ3v) is 3.74. The van der Waals surface area contributed by atoms with Gasteiger partial charge >= 0.3 is 5.97 Å². The lowest BCUT2D eigenvalue weighted by molar-refractivity contribution is -0.132. The van der Waals surface area contributed by atoms with Crippen molar-refractivity contribution in [2.45, 2.75) is 26.3 Å². The van der Waals surface area contributed by atoms with Crippen LogP contribution in [0.3, 0.4) is 0 Å². The van der Waals surface area contributed by atoms with Crippen molar-refractivity contribution in [3.05, 3.63) is 28.0 Å². The maximum Gasteiger partial charge on any atom is 0.328 e. The number of thiophene rings is 1. The van der Waals surface area contributed by atoms with Crippen LogP contribution in [0.5, 0.6) is 0 Å². The van der Waals surface area contributed by atoms with Gasteiger partial charge < -0.3 is 14.7 Å². The highest BCUT2D eigenvalue weighted by molar-refractivity contribution is 7.11. The molecule has 1 aromatic heterocycles. The molecular formula is C15H21NO4S. The minimum Gasteiger partial charge on any atom is -0.478 e. The number of carboxylic acid groups (broad SMARTS) is 1. The number of carbonyl (C=O) groups excluding carboxylic acids is 1. The Morgan fingerprint density at radius 3 is 2.90 bits per heavy atom. The summed E-state index contributed by atoms with van der Waals surface area (Å²) in [6.45, 7) is 3.75. The zero-order chi connectivity index (χ0) is 15.7. The Balaban J connectivity index is 2.41. The molecule has 0 aromatic carbocycles. The first-order valence-electron chi connectivity index (χ1n) is 6.83. The third kappa shape index (κ3) is 7.06. The molecule has 0 aliphatic carbocycles. The minimum atomic E-state index is -0.966. The Bertz CT molecular complexity index is 496. The smallest absolute Gasteiger partial charge is 0.328 e. The van der Waals surface area contributed by atoms with Crippen molar-refractivity contribution in [2.75, 3.05) is 20.3 Å². The first kappa shape index (κ1) is 17.4. The second-order valence-corrected chi connectivity index (χ2v) is 5.52. The van der Waals surface area contributed by atoms with E-state index in [1.165, 1.54) is 11.3 Å². The normalized spacial score (nSPS) is 11.0. The topological polar surface area (TPSA) is 66.8 Å². The van der Waals surface area contributed by atoms with E-state index in [4.69, 9.17) is 9.84 Å². The molecule has 1 heterocycles. The lowest BCUT2D eigenvalue weighted by atomic mass is 10.2. The molecule has 116 valence electrons. The molecule has 0 spiro atoms. The van der Waals surface area contributed by atoms with E-state index >= 15 is 0 Å². The molecule has 0 radical (unpaired) electrons. The molecule has 1 rings (SSSR count). The molecule has 6 heteroatoms. The zero-order valence-corrected chi connectivity index (χ0v) is 13.2. The number of hydrogen-bond acceptors (Lipinski definition) is 4. The second-order valence-electron chi connectivity index (χ2n) is 4.58. The van der Waals surface area contributed by atoms with Gasteiger partial charge in [0.15, 0.2) is 0 Å². The molecule has 1 amide bonds. The maximum atomic E-state index is 11.9. The number of rotatable bonds is 9. The Hall–Kier alpha value is -1.66. The van der Waals surface area contributed by atoms with Crippen molar-refractivity contribution in [2.24, 2.45) is 0 Å². The number of ether oxygens (including phenoxy) is 1. The van der Waals surface area contributed by atoms with E-state index in [-0.39, 0.29) is 5.91 Å².